The molecule has 2 N–H and O–H groups in total. The van der Waals surface area contributed by atoms with E-state index in [2.05, 4.69) is 47.6 Å². The molecule has 1 fully saturated rings. The smallest absolute Gasteiger partial charge is 0.258 e. The van der Waals surface area contributed by atoms with Gasteiger partial charge in [-0.05, 0) is 19.9 Å². The number of rotatable bonds is 7. The maximum atomic E-state index is 4.35. The van der Waals surface area contributed by atoms with Crippen LogP contribution >= 0.6 is 0 Å². The second-order valence-electron chi connectivity index (χ2n) is 5.01. The van der Waals surface area contributed by atoms with E-state index >= 15 is 0 Å². The topological polar surface area (TPSA) is 96.7 Å². The Kier molecular flexibility index (Phi) is 3.91. The van der Waals surface area contributed by atoms with Gasteiger partial charge in [0, 0.05) is 26.2 Å². The molecule has 9 nitrogen and oxygen atoms in total. The summed E-state index contributed by atoms with van der Waals surface area (Å²) in [7, 11) is 3.91. The molecule has 0 unspecified atom stereocenters. The second-order valence-corrected chi connectivity index (χ2v) is 5.01. The van der Waals surface area contributed by atoms with E-state index in [1.54, 1.807) is 13.4 Å². The van der Waals surface area contributed by atoms with E-state index in [-0.39, 0.29) is 0 Å². The van der Waals surface area contributed by atoms with E-state index in [1.165, 1.54) is 23.9 Å². The number of nitrogens with zero attached hydrogens (tertiary/aromatic N) is 7. The number of aromatic nitrogens is 6. The monoisotopic (exact) mass is 289 g/mol. The molecule has 0 bridgehead atoms. The highest BCUT2D eigenvalue weighted by Gasteiger charge is 2.25. The fourth-order valence-electron chi connectivity index (χ4n) is 2.01. The molecule has 3 rings (SSSR count). The van der Waals surface area contributed by atoms with Crippen molar-refractivity contribution in [3.8, 4) is 5.95 Å². The van der Waals surface area contributed by atoms with Crippen molar-refractivity contribution in [1.82, 2.24) is 34.6 Å². The van der Waals surface area contributed by atoms with Crippen molar-refractivity contribution < 1.29 is 0 Å². The summed E-state index contributed by atoms with van der Waals surface area (Å²) in [5, 5.41) is 10.2. The van der Waals surface area contributed by atoms with Gasteiger partial charge in [-0.25, -0.2) is 4.98 Å². The Labute approximate surface area is 122 Å². The molecule has 0 aliphatic heterocycles. The average Bonchev–Trinajstić information content (AvgIpc) is 3.21. The van der Waals surface area contributed by atoms with Gasteiger partial charge in [0.15, 0.2) is 0 Å². The predicted octanol–water partition coefficient (Wildman–Crippen LogP) is 0.000100. The molecule has 0 aromatic carbocycles. The second kappa shape index (κ2) is 6.00. The standard InChI is InChI=1S/C12H19N9/c1-13-10-17-11(15-5-6-20(2)9-3-4-9)19-12(18-10)21-8-14-7-16-21/h7-9H,3-6H2,1-2H3,(H2,13,15,17,18,19). The molecule has 0 atom stereocenters. The summed E-state index contributed by atoms with van der Waals surface area (Å²) in [5.41, 5.74) is 0. The Hall–Kier alpha value is -2.29. The molecule has 112 valence electrons. The van der Waals surface area contributed by atoms with Crippen LogP contribution in [0.4, 0.5) is 11.9 Å². The molecular weight excluding hydrogens is 270 g/mol. The summed E-state index contributed by atoms with van der Waals surface area (Å²) in [6.07, 6.45) is 5.62. The summed E-state index contributed by atoms with van der Waals surface area (Å²) >= 11 is 0. The Morgan fingerprint density at radius 3 is 2.76 bits per heavy atom. The van der Waals surface area contributed by atoms with Gasteiger partial charge >= 0.3 is 0 Å². The van der Waals surface area contributed by atoms with Crippen molar-refractivity contribution in [2.24, 2.45) is 0 Å². The SMILES string of the molecule is CNc1nc(NCCN(C)C2CC2)nc(-n2cncn2)n1. The van der Waals surface area contributed by atoms with Gasteiger partial charge in [0.25, 0.3) is 5.95 Å². The zero-order chi connectivity index (χ0) is 14.7. The van der Waals surface area contributed by atoms with Crippen molar-refractivity contribution in [1.29, 1.82) is 0 Å². The number of likely N-dealkylation sites (N-methyl/N-ethyl adjacent to an activating group) is 1. The van der Waals surface area contributed by atoms with Crippen molar-refractivity contribution >= 4 is 11.9 Å². The third-order valence-electron chi connectivity index (χ3n) is 3.39. The molecule has 1 aliphatic rings. The van der Waals surface area contributed by atoms with Gasteiger partial charge in [-0.15, -0.1) is 0 Å². The number of hydrogen-bond donors (Lipinski definition) is 2. The van der Waals surface area contributed by atoms with E-state index in [9.17, 15) is 0 Å². The quantitative estimate of drug-likeness (QED) is 0.735. The highest BCUT2D eigenvalue weighted by Crippen LogP contribution is 2.24. The van der Waals surface area contributed by atoms with Gasteiger partial charge in [0.1, 0.15) is 12.7 Å². The van der Waals surface area contributed by atoms with Crippen LogP contribution in [0.1, 0.15) is 12.8 Å². The molecule has 2 aromatic heterocycles. The van der Waals surface area contributed by atoms with Crippen LogP contribution in [0.2, 0.25) is 0 Å². The minimum Gasteiger partial charge on any atom is -0.357 e. The van der Waals surface area contributed by atoms with Crippen molar-refractivity contribution in [3.63, 3.8) is 0 Å². The summed E-state index contributed by atoms with van der Waals surface area (Å²) in [6.45, 7) is 1.75. The summed E-state index contributed by atoms with van der Waals surface area (Å²) in [4.78, 5) is 19.1. The molecular formula is C12H19N9. The lowest BCUT2D eigenvalue weighted by molar-refractivity contribution is 0.337. The molecule has 0 spiro atoms. The van der Waals surface area contributed by atoms with E-state index in [1.807, 2.05) is 0 Å². The van der Waals surface area contributed by atoms with Gasteiger partial charge in [-0.2, -0.15) is 24.7 Å². The van der Waals surface area contributed by atoms with Crippen molar-refractivity contribution in [3.05, 3.63) is 12.7 Å². The van der Waals surface area contributed by atoms with Crippen LogP contribution in [0.5, 0.6) is 0 Å². The normalized spacial score (nSPS) is 14.4. The first-order valence-corrected chi connectivity index (χ1v) is 6.99. The van der Waals surface area contributed by atoms with E-state index < -0.39 is 0 Å². The van der Waals surface area contributed by atoms with Crippen molar-refractivity contribution in [2.45, 2.75) is 18.9 Å². The van der Waals surface area contributed by atoms with Crippen LogP contribution in [0.3, 0.4) is 0 Å². The minimum atomic E-state index is 0.435. The van der Waals surface area contributed by atoms with E-state index in [4.69, 9.17) is 0 Å². The zero-order valence-electron chi connectivity index (χ0n) is 12.2. The highest BCUT2D eigenvalue weighted by molar-refractivity contribution is 5.37. The van der Waals surface area contributed by atoms with Crippen LogP contribution in [0.15, 0.2) is 12.7 Å². The third-order valence-corrected chi connectivity index (χ3v) is 3.39. The molecule has 0 saturated heterocycles. The first-order valence-electron chi connectivity index (χ1n) is 6.99. The van der Waals surface area contributed by atoms with Gasteiger partial charge in [-0.3, -0.25) is 0 Å². The first kappa shape index (κ1) is 13.7. The van der Waals surface area contributed by atoms with Gasteiger partial charge in [0.2, 0.25) is 11.9 Å². The molecule has 0 amide bonds. The largest absolute Gasteiger partial charge is 0.357 e. The molecule has 21 heavy (non-hydrogen) atoms. The Bertz CT molecular complexity index is 578. The fourth-order valence-corrected chi connectivity index (χ4v) is 2.01. The number of hydrogen-bond acceptors (Lipinski definition) is 8. The number of anilines is 2. The van der Waals surface area contributed by atoms with Crippen LogP contribution in [-0.4, -0.2) is 67.8 Å². The first-order chi connectivity index (χ1) is 10.3. The summed E-state index contributed by atoms with van der Waals surface area (Å²) in [5.74, 6) is 1.46. The van der Waals surface area contributed by atoms with Gasteiger partial charge < -0.3 is 15.5 Å². The molecule has 2 aromatic rings. The molecule has 1 aliphatic carbocycles. The average molecular weight is 289 g/mol. The summed E-state index contributed by atoms with van der Waals surface area (Å²) in [6, 6.07) is 0.753. The lowest BCUT2D eigenvalue weighted by Gasteiger charge is -2.15. The number of nitrogens with one attached hydrogen (secondary N) is 2. The molecule has 2 heterocycles. The Morgan fingerprint density at radius 1 is 1.29 bits per heavy atom. The van der Waals surface area contributed by atoms with E-state index in [0.29, 0.717) is 17.8 Å². The van der Waals surface area contributed by atoms with Crippen LogP contribution in [0, 0.1) is 0 Å². The fraction of sp³-hybridized carbons (Fsp3) is 0.583. The van der Waals surface area contributed by atoms with Gasteiger partial charge in [0.05, 0.1) is 0 Å². The Morgan fingerprint density at radius 2 is 2.10 bits per heavy atom. The maximum absolute atomic E-state index is 4.35. The predicted molar refractivity (Wildman–Crippen MR) is 78.4 cm³/mol. The molecule has 1 saturated carbocycles. The lowest BCUT2D eigenvalue weighted by atomic mass is 10.5. The maximum Gasteiger partial charge on any atom is 0.258 e. The molecule has 9 heteroatoms. The van der Waals surface area contributed by atoms with Crippen LogP contribution in [0.25, 0.3) is 5.95 Å². The summed E-state index contributed by atoms with van der Waals surface area (Å²) < 4.78 is 1.50. The minimum absolute atomic E-state index is 0.435. The Balaban J connectivity index is 1.67. The van der Waals surface area contributed by atoms with E-state index in [0.717, 1.165) is 19.1 Å². The third kappa shape index (κ3) is 3.43. The lowest BCUT2D eigenvalue weighted by Crippen LogP contribution is -2.27. The van der Waals surface area contributed by atoms with Crippen molar-refractivity contribution in [2.75, 3.05) is 37.8 Å². The van der Waals surface area contributed by atoms with Crippen LogP contribution < -0.4 is 10.6 Å². The zero-order valence-corrected chi connectivity index (χ0v) is 12.2. The highest BCUT2D eigenvalue weighted by atomic mass is 15.4. The van der Waals surface area contributed by atoms with Crippen LogP contribution in [-0.2, 0) is 0 Å². The van der Waals surface area contributed by atoms with Gasteiger partial charge in [-0.1, -0.05) is 0 Å². The molecule has 0 radical (unpaired) electrons.